The van der Waals surface area contributed by atoms with Gasteiger partial charge in [0.05, 0.1) is 13.0 Å². The standard InChI is InChI=1S/C20H23N3O3/c1-26-18-4-2-3-15(11-18)7-10-23-14-17(12-19(23)24)20(25)22-13-16-5-8-21-9-6-16/h2-6,8-9,11,17H,7,10,12-14H2,1H3,(H,22,25). The fourth-order valence-electron chi connectivity index (χ4n) is 3.09. The molecule has 1 aromatic carbocycles. The number of hydrogen-bond donors (Lipinski definition) is 1. The first-order valence-corrected chi connectivity index (χ1v) is 8.73. The van der Waals surface area contributed by atoms with Crippen LogP contribution in [0.5, 0.6) is 5.75 Å². The Morgan fingerprint density at radius 3 is 2.85 bits per heavy atom. The zero-order valence-electron chi connectivity index (χ0n) is 14.9. The van der Waals surface area contributed by atoms with Gasteiger partial charge in [-0.3, -0.25) is 14.6 Å². The van der Waals surface area contributed by atoms with E-state index < -0.39 is 0 Å². The summed E-state index contributed by atoms with van der Waals surface area (Å²) in [5.41, 5.74) is 2.11. The molecule has 0 saturated carbocycles. The lowest BCUT2D eigenvalue weighted by molar-refractivity contribution is -0.129. The molecule has 1 saturated heterocycles. The second-order valence-electron chi connectivity index (χ2n) is 6.42. The van der Waals surface area contributed by atoms with E-state index >= 15 is 0 Å². The lowest BCUT2D eigenvalue weighted by atomic mass is 10.1. The summed E-state index contributed by atoms with van der Waals surface area (Å²) >= 11 is 0. The molecule has 1 aromatic heterocycles. The Hall–Kier alpha value is -2.89. The predicted molar refractivity (Wildman–Crippen MR) is 97.5 cm³/mol. The van der Waals surface area contributed by atoms with Crippen molar-refractivity contribution in [3.63, 3.8) is 0 Å². The molecule has 6 heteroatoms. The summed E-state index contributed by atoms with van der Waals surface area (Å²) < 4.78 is 5.22. The van der Waals surface area contributed by atoms with Crippen LogP contribution in [-0.4, -0.2) is 41.9 Å². The quantitative estimate of drug-likeness (QED) is 0.824. The van der Waals surface area contributed by atoms with Crippen LogP contribution >= 0.6 is 0 Å². The number of amides is 2. The van der Waals surface area contributed by atoms with Crippen molar-refractivity contribution in [2.75, 3.05) is 20.2 Å². The molecule has 0 bridgehead atoms. The molecule has 136 valence electrons. The summed E-state index contributed by atoms with van der Waals surface area (Å²) in [7, 11) is 1.64. The van der Waals surface area contributed by atoms with Crippen molar-refractivity contribution in [2.24, 2.45) is 5.92 Å². The minimum Gasteiger partial charge on any atom is -0.497 e. The highest BCUT2D eigenvalue weighted by Gasteiger charge is 2.33. The first kappa shape index (κ1) is 17.9. The molecular formula is C20H23N3O3. The second kappa shape index (κ2) is 8.47. The molecule has 3 rings (SSSR count). The Labute approximate surface area is 153 Å². The summed E-state index contributed by atoms with van der Waals surface area (Å²) in [4.78, 5) is 30.3. The van der Waals surface area contributed by atoms with Crippen LogP contribution in [0.3, 0.4) is 0 Å². The Bertz CT molecular complexity index is 764. The lowest BCUT2D eigenvalue weighted by Crippen LogP contribution is -2.33. The number of nitrogens with one attached hydrogen (secondary N) is 1. The average Bonchev–Trinajstić information content (AvgIpc) is 3.06. The zero-order valence-corrected chi connectivity index (χ0v) is 14.9. The van der Waals surface area contributed by atoms with E-state index in [-0.39, 0.29) is 24.2 Å². The smallest absolute Gasteiger partial charge is 0.225 e. The normalized spacial score (nSPS) is 16.6. The molecule has 1 unspecified atom stereocenters. The highest BCUT2D eigenvalue weighted by atomic mass is 16.5. The number of methoxy groups -OCH3 is 1. The van der Waals surface area contributed by atoms with Crippen molar-refractivity contribution >= 4 is 11.8 Å². The van der Waals surface area contributed by atoms with Crippen molar-refractivity contribution < 1.29 is 14.3 Å². The monoisotopic (exact) mass is 353 g/mol. The van der Waals surface area contributed by atoms with Crippen LogP contribution in [0.25, 0.3) is 0 Å². The largest absolute Gasteiger partial charge is 0.497 e. The van der Waals surface area contributed by atoms with Gasteiger partial charge in [0.1, 0.15) is 5.75 Å². The molecule has 2 heterocycles. The number of aromatic nitrogens is 1. The van der Waals surface area contributed by atoms with Gasteiger partial charge in [0.2, 0.25) is 11.8 Å². The van der Waals surface area contributed by atoms with Crippen LogP contribution in [0.15, 0.2) is 48.8 Å². The molecule has 0 spiro atoms. The molecule has 26 heavy (non-hydrogen) atoms. The Morgan fingerprint density at radius 1 is 1.27 bits per heavy atom. The number of ether oxygens (including phenoxy) is 1. The van der Waals surface area contributed by atoms with Gasteiger partial charge in [-0.1, -0.05) is 12.1 Å². The van der Waals surface area contributed by atoms with Gasteiger partial charge in [-0.05, 0) is 41.8 Å². The molecule has 2 aromatic rings. The SMILES string of the molecule is COc1cccc(CCN2CC(C(=O)NCc3ccncc3)CC2=O)c1. The molecule has 0 aliphatic carbocycles. The maximum atomic E-state index is 12.3. The average molecular weight is 353 g/mol. The van der Waals surface area contributed by atoms with Gasteiger partial charge in [0, 0.05) is 38.4 Å². The van der Waals surface area contributed by atoms with Gasteiger partial charge in [-0.15, -0.1) is 0 Å². The van der Waals surface area contributed by atoms with E-state index in [2.05, 4.69) is 10.3 Å². The molecule has 1 atom stereocenters. The van der Waals surface area contributed by atoms with Crippen molar-refractivity contribution in [3.8, 4) is 5.75 Å². The van der Waals surface area contributed by atoms with Crippen molar-refractivity contribution in [1.82, 2.24) is 15.2 Å². The molecule has 1 fully saturated rings. The van der Waals surface area contributed by atoms with Crippen LogP contribution < -0.4 is 10.1 Å². The van der Waals surface area contributed by atoms with Gasteiger partial charge in [-0.25, -0.2) is 0 Å². The zero-order chi connectivity index (χ0) is 18.4. The first-order valence-electron chi connectivity index (χ1n) is 8.73. The van der Waals surface area contributed by atoms with Crippen molar-refractivity contribution in [1.29, 1.82) is 0 Å². The van der Waals surface area contributed by atoms with E-state index in [1.165, 1.54) is 0 Å². The van der Waals surface area contributed by atoms with Crippen molar-refractivity contribution in [3.05, 3.63) is 59.9 Å². The lowest BCUT2D eigenvalue weighted by Gasteiger charge is -2.17. The topological polar surface area (TPSA) is 71.5 Å². The minimum absolute atomic E-state index is 0.0388. The summed E-state index contributed by atoms with van der Waals surface area (Å²) in [5.74, 6) is 0.495. The van der Waals surface area contributed by atoms with Gasteiger partial charge in [0.15, 0.2) is 0 Å². The number of hydrogen-bond acceptors (Lipinski definition) is 4. The third-order valence-electron chi connectivity index (χ3n) is 4.61. The fourth-order valence-corrected chi connectivity index (χ4v) is 3.09. The van der Waals surface area contributed by atoms with Crippen LogP contribution in [0, 0.1) is 5.92 Å². The summed E-state index contributed by atoms with van der Waals surface area (Å²) in [6, 6.07) is 11.5. The van der Waals surface area contributed by atoms with E-state index in [1.54, 1.807) is 24.4 Å². The van der Waals surface area contributed by atoms with Gasteiger partial charge in [-0.2, -0.15) is 0 Å². The number of nitrogens with zero attached hydrogens (tertiary/aromatic N) is 2. The number of carbonyl (C=O) groups is 2. The summed E-state index contributed by atoms with van der Waals surface area (Å²) in [5, 5.41) is 2.91. The third kappa shape index (κ3) is 4.59. The Balaban J connectivity index is 1.49. The molecule has 1 aliphatic rings. The van der Waals surface area contributed by atoms with Crippen LogP contribution in [0.1, 0.15) is 17.5 Å². The van der Waals surface area contributed by atoms with E-state index in [0.717, 1.165) is 23.3 Å². The maximum absolute atomic E-state index is 12.3. The van der Waals surface area contributed by atoms with Gasteiger partial charge >= 0.3 is 0 Å². The van der Waals surface area contributed by atoms with Crippen LogP contribution in [-0.2, 0) is 22.6 Å². The van der Waals surface area contributed by atoms with E-state index in [1.807, 2.05) is 36.4 Å². The predicted octanol–water partition coefficient (Wildman–Crippen LogP) is 1.80. The summed E-state index contributed by atoms with van der Waals surface area (Å²) in [6.07, 6.45) is 4.41. The molecule has 2 amide bonds. The maximum Gasteiger partial charge on any atom is 0.225 e. The van der Waals surface area contributed by atoms with Gasteiger partial charge < -0.3 is 15.0 Å². The Kier molecular flexibility index (Phi) is 5.84. The first-order chi connectivity index (χ1) is 12.7. The second-order valence-corrected chi connectivity index (χ2v) is 6.42. The van der Waals surface area contributed by atoms with Crippen LogP contribution in [0.2, 0.25) is 0 Å². The van der Waals surface area contributed by atoms with E-state index in [9.17, 15) is 9.59 Å². The number of rotatable bonds is 7. The molecular weight excluding hydrogens is 330 g/mol. The highest BCUT2D eigenvalue weighted by Crippen LogP contribution is 2.19. The highest BCUT2D eigenvalue weighted by molar-refractivity contribution is 5.89. The molecule has 0 radical (unpaired) electrons. The molecule has 1 aliphatic heterocycles. The number of carbonyl (C=O) groups excluding carboxylic acids is 2. The third-order valence-corrected chi connectivity index (χ3v) is 4.61. The van der Waals surface area contributed by atoms with Crippen LogP contribution in [0.4, 0.5) is 0 Å². The fraction of sp³-hybridized carbons (Fsp3) is 0.350. The number of likely N-dealkylation sites (tertiary alicyclic amines) is 1. The van der Waals surface area contributed by atoms with Gasteiger partial charge in [0.25, 0.3) is 0 Å². The summed E-state index contributed by atoms with van der Waals surface area (Å²) in [6.45, 7) is 1.54. The van der Waals surface area contributed by atoms with Crippen molar-refractivity contribution in [2.45, 2.75) is 19.4 Å². The number of benzene rings is 1. The Morgan fingerprint density at radius 2 is 2.08 bits per heavy atom. The number of pyridine rings is 1. The molecule has 6 nitrogen and oxygen atoms in total. The minimum atomic E-state index is -0.283. The van der Waals surface area contributed by atoms with E-state index in [4.69, 9.17) is 4.74 Å². The van der Waals surface area contributed by atoms with E-state index in [0.29, 0.717) is 19.6 Å². The molecule has 1 N–H and O–H groups in total.